The monoisotopic (exact) mass is 192 g/mol. The SMILES string of the molecule is CCCN1CCNS(=O)(=O)CC1. The van der Waals surface area contributed by atoms with Crippen molar-refractivity contribution < 1.29 is 8.42 Å². The fourth-order valence-corrected chi connectivity index (χ4v) is 2.38. The summed E-state index contributed by atoms with van der Waals surface area (Å²) < 4.78 is 24.7. The van der Waals surface area contributed by atoms with E-state index in [0.717, 1.165) is 19.5 Å². The van der Waals surface area contributed by atoms with Crippen molar-refractivity contribution in [3.05, 3.63) is 0 Å². The molecule has 1 aliphatic heterocycles. The maximum absolute atomic E-state index is 11.1. The maximum atomic E-state index is 11.1. The Morgan fingerprint density at radius 2 is 2.17 bits per heavy atom. The van der Waals surface area contributed by atoms with Gasteiger partial charge in [0, 0.05) is 19.6 Å². The Morgan fingerprint density at radius 3 is 2.83 bits per heavy atom. The van der Waals surface area contributed by atoms with Gasteiger partial charge in [-0.1, -0.05) is 6.92 Å². The summed E-state index contributed by atoms with van der Waals surface area (Å²) in [5.74, 6) is 0.243. The Kier molecular flexibility index (Phi) is 3.49. The fraction of sp³-hybridized carbons (Fsp3) is 1.00. The quantitative estimate of drug-likeness (QED) is 0.649. The molecule has 1 saturated heterocycles. The van der Waals surface area contributed by atoms with E-state index in [1.165, 1.54) is 0 Å². The largest absolute Gasteiger partial charge is 0.301 e. The lowest BCUT2D eigenvalue weighted by atomic mass is 10.4. The maximum Gasteiger partial charge on any atom is 0.212 e. The molecular weight excluding hydrogens is 176 g/mol. The second-order valence-electron chi connectivity index (χ2n) is 3.05. The summed E-state index contributed by atoms with van der Waals surface area (Å²) in [6, 6.07) is 0. The standard InChI is InChI=1S/C7H16N2O2S/c1-2-4-9-5-3-8-12(10,11)7-6-9/h8H,2-7H2,1H3. The molecule has 0 aromatic heterocycles. The molecule has 0 aromatic carbocycles. The zero-order chi connectivity index (χ0) is 9.03. The minimum Gasteiger partial charge on any atom is -0.301 e. The van der Waals surface area contributed by atoms with E-state index >= 15 is 0 Å². The first-order valence-corrected chi connectivity index (χ1v) is 5.99. The normalized spacial score (nSPS) is 25.1. The van der Waals surface area contributed by atoms with Crippen LogP contribution in [0.2, 0.25) is 0 Å². The van der Waals surface area contributed by atoms with Crippen molar-refractivity contribution in [2.75, 3.05) is 31.9 Å². The molecule has 0 spiro atoms. The van der Waals surface area contributed by atoms with Crippen LogP contribution in [-0.2, 0) is 10.0 Å². The predicted octanol–water partition coefficient (Wildman–Crippen LogP) is -0.369. The molecule has 1 rings (SSSR count). The fourth-order valence-electron chi connectivity index (χ4n) is 1.33. The van der Waals surface area contributed by atoms with Crippen LogP contribution in [0.25, 0.3) is 0 Å². The van der Waals surface area contributed by atoms with Crippen molar-refractivity contribution in [2.24, 2.45) is 0 Å². The second kappa shape index (κ2) is 4.20. The van der Waals surface area contributed by atoms with Crippen LogP contribution < -0.4 is 4.72 Å². The molecule has 0 saturated carbocycles. The van der Waals surface area contributed by atoms with Crippen molar-refractivity contribution >= 4 is 10.0 Å². The van der Waals surface area contributed by atoms with Gasteiger partial charge in [-0.2, -0.15) is 0 Å². The molecule has 0 aromatic rings. The van der Waals surface area contributed by atoms with Crippen molar-refractivity contribution in [1.29, 1.82) is 0 Å². The van der Waals surface area contributed by atoms with Gasteiger partial charge in [-0.3, -0.25) is 0 Å². The summed E-state index contributed by atoms with van der Waals surface area (Å²) >= 11 is 0. The lowest BCUT2D eigenvalue weighted by molar-refractivity contribution is 0.301. The molecule has 1 N–H and O–H groups in total. The van der Waals surface area contributed by atoms with E-state index in [2.05, 4.69) is 16.5 Å². The van der Waals surface area contributed by atoms with Gasteiger partial charge in [-0.15, -0.1) is 0 Å². The van der Waals surface area contributed by atoms with Crippen LogP contribution in [0.3, 0.4) is 0 Å². The molecule has 0 amide bonds. The Hall–Kier alpha value is -0.130. The molecule has 0 radical (unpaired) electrons. The van der Waals surface area contributed by atoms with Crippen molar-refractivity contribution in [3.8, 4) is 0 Å². The van der Waals surface area contributed by atoms with Gasteiger partial charge in [0.1, 0.15) is 0 Å². The van der Waals surface area contributed by atoms with E-state index in [1.54, 1.807) is 0 Å². The van der Waals surface area contributed by atoms with Gasteiger partial charge < -0.3 is 4.90 Å². The van der Waals surface area contributed by atoms with Crippen LogP contribution in [0.5, 0.6) is 0 Å². The minimum atomic E-state index is -2.96. The van der Waals surface area contributed by atoms with Gasteiger partial charge in [0.2, 0.25) is 10.0 Å². The first kappa shape index (κ1) is 9.95. The van der Waals surface area contributed by atoms with Crippen LogP contribution in [0.4, 0.5) is 0 Å². The third kappa shape index (κ3) is 3.08. The van der Waals surface area contributed by atoms with E-state index in [9.17, 15) is 8.42 Å². The summed E-state index contributed by atoms with van der Waals surface area (Å²) in [7, 11) is -2.96. The Bertz CT molecular complexity index is 226. The molecule has 5 heteroatoms. The van der Waals surface area contributed by atoms with E-state index < -0.39 is 10.0 Å². The van der Waals surface area contributed by atoms with Gasteiger partial charge in [-0.25, -0.2) is 13.1 Å². The molecule has 0 bridgehead atoms. The van der Waals surface area contributed by atoms with Gasteiger partial charge in [0.25, 0.3) is 0 Å². The third-order valence-corrected chi connectivity index (χ3v) is 3.33. The number of sulfonamides is 1. The summed E-state index contributed by atoms with van der Waals surface area (Å²) in [4.78, 5) is 2.18. The van der Waals surface area contributed by atoms with Crippen molar-refractivity contribution in [3.63, 3.8) is 0 Å². The van der Waals surface area contributed by atoms with Gasteiger partial charge >= 0.3 is 0 Å². The smallest absolute Gasteiger partial charge is 0.212 e. The molecular formula is C7H16N2O2S. The summed E-state index contributed by atoms with van der Waals surface area (Å²) in [6.45, 7) is 5.17. The van der Waals surface area contributed by atoms with Crippen molar-refractivity contribution in [2.45, 2.75) is 13.3 Å². The predicted molar refractivity (Wildman–Crippen MR) is 48.5 cm³/mol. The molecule has 72 valence electrons. The Balaban J connectivity index is 2.45. The van der Waals surface area contributed by atoms with E-state index in [0.29, 0.717) is 13.1 Å². The van der Waals surface area contributed by atoms with E-state index in [4.69, 9.17) is 0 Å². The lowest BCUT2D eigenvalue weighted by Gasteiger charge is -2.16. The van der Waals surface area contributed by atoms with Crippen LogP contribution >= 0.6 is 0 Å². The average molecular weight is 192 g/mol. The van der Waals surface area contributed by atoms with Crippen LogP contribution in [0.15, 0.2) is 0 Å². The Labute approximate surface area is 74.0 Å². The Morgan fingerprint density at radius 1 is 1.42 bits per heavy atom. The highest BCUT2D eigenvalue weighted by Crippen LogP contribution is 1.97. The van der Waals surface area contributed by atoms with Gasteiger partial charge in [-0.05, 0) is 13.0 Å². The molecule has 0 unspecified atom stereocenters. The van der Waals surface area contributed by atoms with E-state index in [-0.39, 0.29) is 5.75 Å². The highest BCUT2D eigenvalue weighted by molar-refractivity contribution is 7.89. The van der Waals surface area contributed by atoms with Gasteiger partial charge in [0.15, 0.2) is 0 Å². The molecule has 0 aliphatic carbocycles. The number of nitrogens with zero attached hydrogens (tertiary/aromatic N) is 1. The number of hydrogen-bond donors (Lipinski definition) is 1. The summed E-state index contributed by atoms with van der Waals surface area (Å²) in [5, 5.41) is 0. The first-order valence-electron chi connectivity index (χ1n) is 4.34. The molecule has 12 heavy (non-hydrogen) atoms. The molecule has 1 aliphatic rings. The van der Waals surface area contributed by atoms with Gasteiger partial charge in [0.05, 0.1) is 5.75 Å². The van der Waals surface area contributed by atoms with Crippen LogP contribution in [0.1, 0.15) is 13.3 Å². The first-order chi connectivity index (χ1) is 5.64. The summed E-state index contributed by atoms with van der Waals surface area (Å²) in [6.07, 6.45) is 1.08. The lowest BCUT2D eigenvalue weighted by Crippen LogP contribution is -2.29. The topological polar surface area (TPSA) is 49.4 Å². The number of rotatable bonds is 2. The zero-order valence-corrected chi connectivity index (χ0v) is 8.23. The second-order valence-corrected chi connectivity index (χ2v) is 4.98. The number of nitrogens with one attached hydrogen (secondary N) is 1. The molecule has 4 nitrogen and oxygen atoms in total. The van der Waals surface area contributed by atoms with Crippen molar-refractivity contribution in [1.82, 2.24) is 9.62 Å². The third-order valence-electron chi connectivity index (χ3n) is 1.97. The number of hydrogen-bond acceptors (Lipinski definition) is 3. The van der Waals surface area contributed by atoms with Crippen LogP contribution in [-0.4, -0.2) is 45.2 Å². The highest BCUT2D eigenvalue weighted by atomic mass is 32.2. The minimum absolute atomic E-state index is 0.243. The zero-order valence-electron chi connectivity index (χ0n) is 7.41. The van der Waals surface area contributed by atoms with Crippen LogP contribution in [0, 0.1) is 0 Å². The average Bonchev–Trinajstić information content (AvgIpc) is 2.14. The summed E-state index contributed by atoms with van der Waals surface area (Å²) in [5.41, 5.74) is 0. The molecule has 0 atom stereocenters. The molecule has 1 heterocycles. The highest BCUT2D eigenvalue weighted by Gasteiger charge is 2.16. The van der Waals surface area contributed by atoms with E-state index in [1.807, 2.05) is 0 Å². The molecule has 1 fully saturated rings.